The van der Waals surface area contributed by atoms with Gasteiger partial charge in [-0.1, -0.05) is 26.0 Å². The summed E-state index contributed by atoms with van der Waals surface area (Å²) < 4.78 is 21.1. The summed E-state index contributed by atoms with van der Waals surface area (Å²) in [5, 5.41) is 9.19. The first-order chi connectivity index (χ1) is 15.0. The number of rotatable bonds is 7. The van der Waals surface area contributed by atoms with Crippen LogP contribution in [0.2, 0.25) is 0 Å². The monoisotopic (exact) mass is 443 g/mol. The number of thiophene rings is 1. The van der Waals surface area contributed by atoms with Gasteiger partial charge in [0.1, 0.15) is 5.82 Å². The molecular weight excluding hydrogens is 417 g/mol. The Morgan fingerprint density at radius 1 is 1.35 bits per heavy atom. The average Bonchev–Trinajstić information content (AvgIpc) is 3.41. The number of carbonyl (C=O) groups excluding carboxylic acids is 1. The van der Waals surface area contributed by atoms with Crippen molar-refractivity contribution in [3.63, 3.8) is 0 Å². The molecule has 3 aromatic rings. The van der Waals surface area contributed by atoms with Crippen molar-refractivity contribution >= 4 is 17.2 Å². The quantitative estimate of drug-likeness (QED) is 0.607. The van der Waals surface area contributed by atoms with Crippen LogP contribution in [0, 0.1) is 11.7 Å². The summed E-state index contributed by atoms with van der Waals surface area (Å²) in [4.78, 5) is 20.4. The largest absolute Gasteiger partial charge is 0.374 e. The van der Waals surface area contributed by atoms with Crippen LogP contribution in [-0.2, 0) is 4.74 Å². The van der Waals surface area contributed by atoms with Gasteiger partial charge in [0.15, 0.2) is 5.82 Å². The third-order valence-electron chi connectivity index (χ3n) is 4.94. The number of hydrogen-bond acceptors (Lipinski definition) is 6. The number of ether oxygens (including phenoxy) is 1. The first kappa shape index (κ1) is 21.6. The van der Waals surface area contributed by atoms with Gasteiger partial charge in [0, 0.05) is 26.2 Å². The zero-order valence-corrected chi connectivity index (χ0v) is 18.4. The van der Waals surface area contributed by atoms with Crippen LogP contribution in [0.3, 0.4) is 0 Å². The molecule has 1 aromatic carbocycles. The Kier molecular flexibility index (Phi) is 6.74. The fraction of sp³-hybridized carbons (Fsp3) is 0.409. The van der Waals surface area contributed by atoms with Gasteiger partial charge in [-0.15, -0.1) is 16.4 Å². The van der Waals surface area contributed by atoms with Crippen LogP contribution < -0.4 is 5.32 Å². The number of halogens is 1. The molecule has 31 heavy (non-hydrogen) atoms. The van der Waals surface area contributed by atoms with E-state index in [1.807, 2.05) is 17.5 Å². The van der Waals surface area contributed by atoms with Gasteiger partial charge >= 0.3 is 0 Å². The summed E-state index contributed by atoms with van der Waals surface area (Å²) in [6.07, 6.45) is -0.0708. The molecule has 1 atom stereocenters. The average molecular weight is 444 g/mol. The van der Waals surface area contributed by atoms with Crippen LogP contribution in [0.1, 0.15) is 24.5 Å². The van der Waals surface area contributed by atoms with Gasteiger partial charge in [0.2, 0.25) is 5.82 Å². The Hall–Kier alpha value is -2.62. The fourth-order valence-electron chi connectivity index (χ4n) is 3.63. The summed E-state index contributed by atoms with van der Waals surface area (Å²) >= 11 is 1.48. The molecule has 0 aliphatic carbocycles. The molecule has 1 saturated heterocycles. The molecule has 1 unspecified atom stereocenters. The fourth-order valence-corrected chi connectivity index (χ4v) is 4.33. The number of nitrogens with zero attached hydrogens (tertiary/aromatic N) is 4. The second-order valence-corrected chi connectivity index (χ2v) is 8.93. The molecule has 0 saturated carbocycles. The van der Waals surface area contributed by atoms with E-state index >= 15 is 0 Å². The van der Waals surface area contributed by atoms with E-state index in [0.717, 1.165) is 24.5 Å². The molecule has 164 valence electrons. The molecule has 1 aliphatic rings. The van der Waals surface area contributed by atoms with E-state index in [0.29, 0.717) is 30.6 Å². The van der Waals surface area contributed by atoms with Crippen molar-refractivity contribution in [3.8, 4) is 16.4 Å². The van der Waals surface area contributed by atoms with Gasteiger partial charge in [0.25, 0.3) is 5.91 Å². The van der Waals surface area contributed by atoms with E-state index in [4.69, 9.17) is 4.74 Å². The van der Waals surface area contributed by atoms with Crippen LogP contribution in [0.25, 0.3) is 16.4 Å². The first-order valence-electron chi connectivity index (χ1n) is 10.4. The zero-order valence-electron chi connectivity index (χ0n) is 17.6. The Balaban J connectivity index is 1.49. The predicted octanol–water partition coefficient (Wildman–Crippen LogP) is 3.22. The number of nitrogens with one attached hydrogen (secondary N) is 1. The van der Waals surface area contributed by atoms with Crippen molar-refractivity contribution in [2.24, 2.45) is 5.92 Å². The summed E-state index contributed by atoms with van der Waals surface area (Å²) in [5.74, 6) is 0.374. The molecule has 1 fully saturated rings. The Morgan fingerprint density at radius 3 is 2.97 bits per heavy atom. The number of amides is 1. The third kappa shape index (κ3) is 5.36. The SMILES string of the molecule is CC(C)CN1CCOC(CNC(=O)c2nc(-c3cccs3)n(-c3cccc(F)c3)n2)C1. The van der Waals surface area contributed by atoms with E-state index in [1.54, 1.807) is 12.1 Å². The van der Waals surface area contributed by atoms with Crippen molar-refractivity contribution in [2.45, 2.75) is 20.0 Å². The van der Waals surface area contributed by atoms with Gasteiger partial charge in [-0.05, 0) is 35.6 Å². The van der Waals surface area contributed by atoms with Gasteiger partial charge in [0.05, 0.1) is 23.3 Å². The second-order valence-electron chi connectivity index (χ2n) is 7.98. The van der Waals surface area contributed by atoms with Crippen LogP contribution in [0.4, 0.5) is 4.39 Å². The van der Waals surface area contributed by atoms with E-state index in [2.05, 4.69) is 34.1 Å². The highest BCUT2D eigenvalue weighted by Crippen LogP contribution is 2.25. The van der Waals surface area contributed by atoms with Gasteiger partial charge < -0.3 is 10.1 Å². The summed E-state index contributed by atoms with van der Waals surface area (Å²) in [6.45, 7) is 8.13. The highest BCUT2D eigenvalue weighted by Gasteiger charge is 2.24. The molecule has 1 amide bonds. The molecule has 2 aromatic heterocycles. The Bertz CT molecular complexity index is 1020. The minimum atomic E-state index is -0.378. The summed E-state index contributed by atoms with van der Waals surface area (Å²) in [6, 6.07) is 9.86. The smallest absolute Gasteiger partial charge is 0.291 e. The van der Waals surface area contributed by atoms with Crippen LogP contribution in [0.15, 0.2) is 41.8 Å². The lowest BCUT2D eigenvalue weighted by Crippen LogP contribution is -2.48. The highest BCUT2D eigenvalue weighted by molar-refractivity contribution is 7.13. The molecule has 3 heterocycles. The highest BCUT2D eigenvalue weighted by atomic mass is 32.1. The number of hydrogen-bond donors (Lipinski definition) is 1. The maximum atomic E-state index is 13.8. The Morgan fingerprint density at radius 2 is 2.23 bits per heavy atom. The van der Waals surface area contributed by atoms with Crippen molar-refractivity contribution in [1.82, 2.24) is 25.0 Å². The predicted molar refractivity (Wildman–Crippen MR) is 118 cm³/mol. The molecule has 0 radical (unpaired) electrons. The minimum Gasteiger partial charge on any atom is -0.374 e. The minimum absolute atomic E-state index is 0.0440. The summed E-state index contributed by atoms with van der Waals surface area (Å²) in [5.41, 5.74) is 0.509. The normalized spacial score (nSPS) is 17.2. The van der Waals surface area contributed by atoms with E-state index in [-0.39, 0.29) is 23.7 Å². The van der Waals surface area contributed by atoms with E-state index in [9.17, 15) is 9.18 Å². The maximum absolute atomic E-state index is 13.8. The zero-order chi connectivity index (χ0) is 21.8. The van der Waals surface area contributed by atoms with Crippen molar-refractivity contribution in [2.75, 3.05) is 32.8 Å². The number of morpholine rings is 1. The molecule has 4 rings (SSSR count). The van der Waals surface area contributed by atoms with E-state index < -0.39 is 0 Å². The maximum Gasteiger partial charge on any atom is 0.291 e. The second kappa shape index (κ2) is 9.67. The van der Waals surface area contributed by atoms with Crippen molar-refractivity contribution in [1.29, 1.82) is 0 Å². The van der Waals surface area contributed by atoms with Crippen LogP contribution in [-0.4, -0.2) is 64.5 Å². The van der Waals surface area contributed by atoms with Crippen LogP contribution in [0.5, 0.6) is 0 Å². The lowest BCUT2D eigenvalue weighted by molar-refractivity contribution is -0.0296. The lowest BCUT2D eigenvalue weighted by atomic mass is 10.2. The number of aromatic nitrogens is 3. The van der Waals surface area contributed by atoms with Crippen molar-refractivity contribution in [3.05, 3.63) is 53.4 Å². The molecule has 0 bridgehead atoms. The standard InChI is InChI=1S/C22H26FN5O2S/c1-15(2)13-27-8-9-30-18(14-27)12-24-22(29)20-25-21(19-7-4-10-31-19)28(26-20)17-6-3-5-16(23)11-17/h3-7,10-11,15,18H,8-9,12-14H2,1-2H3,(H,24,29). The topological polar surface area (TPSA) is 72.3 Å². The molecule has 0 spiro atoms. The molecule has 1 aliphatic heterocycles. The number of benzene rings is 1. The molecular formula is C22H26FN5O2S. The summed E-state index contributed by atoms with van der Waals surface area (Å²) in [7, 11) is 0. The van der Waals surface area contributed by atoms with Crippen molar-refractivity contribution < 1.29 is 13.9 Å². The van der Waals surface area contributed by atoms with Gasteiger partial charge in [-0.25, -0.2) is 14.1 Å². The molecule has 9 heteroatoms. The molecule has 7 nitrogen and oxygen atoms in total. The molecule has 1 N–H and O–H groups in total. The van der Waals surface area contributed by atoms with Crippen LogP contribution >= 0.6 is 11.3 Å². The lowest BCUT2D eigenvalue weighted by Gasteiger charge is -2.33. The first-order valence-corrected chi connectivity index (χ1v) is 11.3. The van der Waals surface area contributed by atoms with E-state index in [1.165, 1.54) is 28.2 Å². The Labute approximate surface area is 184 Å². The number of carbonyl (C=O) groups is 1. The van der Waals surface area contributed by atoms with Gasteiger partial charge in [-0.3, -0.25) is 9.69 Å². The third-order valence-corrected chi connectivity index (χ3v) is 5.81. The van der Waals surface area contributed by atoms with Gasteiger partial charge in [-0.2, -0.15) is 0 Å².